The first-order valence-electron chi connectivity index (χ1n) is 10.2. The zero-order valence-electron chi connectivity index (χ0n) is 19.3. The summed E-state index contributed by atoms with van der Waals surface area (Å²) in [6, 6.07) is 7.58. The molecule has 8 nitrogen and oxygen atoms in total. The number of alkyl halides is 3. The van der Waals surface area contributed by atoms with Crippen molar-refractivity contribution in [2.24, 2.45) is 0 Å². The normalized spacial score (nSPS) is 11.9. The number of rotatable bonds is 11. The molecule has 0 radical (unpaired) electrons. The van der Waals surface area contributed by atoms with E-state index in [1.54, 1.807) is 0 Å². The Morgan fingerprint density at radius 1 is 1.03 bits per heavy atom. The third-order valence-corrected chi connectivity index (χ3v) is 6.57. The number of halogens is 3. The summed E-state index contributed by atoms with van der Waals surface area (Å²) in [5, 5.41) is 2.61. The van der Waals surface area contributed by atoms with E-state index in [0.29, 0.717) is 23.3 Å². The zero-order valence-corrected chi connectivity index (χ0v) is 20.2. The Morgan fingerprint density at radius 3 is 2.29 bits per heavy atom. The number of carbonyl (C=O) groups is 1. The number of benzene rings is 2. The molecule has 0 aliphatic heterocycles. The molecular formula is C22H28F3N3O5S. The van der Waals surface area contributed by atoms with Gasteiger partial charge < -0.3 is 19.7 Å². The van der Waals surface area contributed by atoms with Crippen LogP contribution in [0.3, 0.4) is 0 Å². The second-order valence-electron chi connectivity index (χ2n) is 7.58. The number of sulfonamides is 1. The molecule has 2 aromatic rings. The number of hydrogen-bond acceptors (Lipinski definition) is 6. The minimum atomic E-state index is -4.69. The minimum Gasteiger partial charge on any atom is -0.493 e. The molecule has 0 saturated heterocycles. The van der Waals surface area contributed by atoms with Gasteiger partial charge in [-0.25, -0.2) is 8.42 Å². The van der Waals surface area contributed by atoms with Gasteiger partial charge in [0.1, 0.15) is 6.54 Å². The summed E-state index contributed by atoms with van der Waals surface area (Å²) < 4.78 is 77.7. The Morgan fingerprint density at radius 2 is 1.71 bits per heavy atom. The molecule has 2 rings (SSSR count). The topological polar surface area (TPSA) is 88.2 Å². The molecule has 34 heavy (non-hydrogen) atoms. The highest BCUT2D eigenvalue weighted by Crippen LogP contribution is 2.35. The van der Waals surface area contributed by atoms with E-state index >= 15 is 0 Å². The Balaban J connectivity index is 2.45. The van der Waals surface area contributed by atoms with Crippen molar-refractivity contribution < 1.29 is 35.9 Å². The molecule has 0 aliphatic carbocycles. The highest BCUT2D eigenvalue weighted by molar-refractivity contribution is 7.92. The molecule has 0 aromatic heterocycles. The van der Waals surface area contributed by atoms with E-state index in [-0.39, 0.29) is 28.6 Å². The van der Waals surface area contributed by atoms with Crippen LogP contribution in [-0.4, -0.2) is 67.2 Å². The van der Waals surface area contributed by atoms with Crippen LogP contribution in [0.2, 0.25) is 0 Å². The number of hydrogen-bond donors (Lipinski definition) is 1. The molecule has 1 N–H and O–H groups in total. The molecule has 1 amide bonds. The smallest absolute Gasteiger partial charge is 0.416 e. The van der Waals surface area contributed by atoms with Gasteiger partial charge >= 0.3 is 6.18 Å². The maximum absolute atomic E-state index is 13.5. The first-order valence-corrected chi connectivity index (χ1v) is 11.7. The molecule has 0 fully saturated rings. The summed E-state index contributed by atoms with van der Waals surface area (Å²) in [6.07, 6.45) is -4.08. The quantitative estimate of drug-likeness (QED) is 0.475. The van der Waals surface area contributed by atoms with Crippen LogP contribution >= 0.6 is 0 Å². The molecule has 2 aromatic carbocycles. The second kappa shape index (κ2) is 11.4. The van der Waals surface area contributed by atoms with Gasteiger partial charge in [0.2, 0.25) is 5.91 Å². The zero-order chi connectivity index (χ0) is 25.5. The lowest BCUT2D eigenvalue weighted by Gasteiger charge is -2.25. The maximum Gasteiger partial charge on any atom is 0.416 e. The van der Waals surface area contributed by atoms with Crippen molar-refractivity contribution in [3.8, 4) is 11.5 Å². The second-order valence-corrected chi connectivity index (χ2v) is 9.45. The first kappa shape index (κ1) is 27.3. The van der Waals surface area contributed by atoms with Crippen LogP contribution in [-0.2, 0) is 21.0 Å². The van der Waals surface area contributed by atoms with Crippen molar-refractivity contribution in [1.29, 1.82) is 0 Å². The molecule has 0 saturated carbocycles. The highest BCUT2D eigenvalue weighted by atomic mass is 32.2. The van der Waals surface area contributed by atoms with Gasteiger partial charge in [0.05, 0.1) is 30.4 Å². The van der Waals surface area contributed by atoms with E-state index < -0.39 is 34.2 Å². The number of anilines is 1. The van der Waals surface area contributed by atoms with Crippen LogP contribution in [0.4, 0.5) is 18.9 Å². The lowest BCUT2D eigenvalue weighted by Crippen LogP contribution is -2.41. The average molecular weight is 504 g/mol. The molecular weight excluding hydrogens is 475 g/mol. The standard InChI is InChI=1S/C22H28F3N3O5S/c1-27(2)12-6-11-26-21(29)15-28(17-8-5-7-16(13-17)22(23,24)25)34(30,31)18-9-10-19(32-3)20(14-18)33-4/h5,7-10,13-14H,6,11-12,15H2,1-4H3,(H,26,29). The van der Waals surface area contributed by atoms with E-state index in [4.69, 9.17) is 9.47 Å². The molecule has 0 atom stereocenters. The number of nitrogens with one attached hydrogen (secondary N) is 1. The minimum absolute atomic E-state index is 0.112. The third-order valence-electron chi connectivity index (χ3n) is 4.80. The Bertz CT molecular complexity index is 1090. The molecule has 0 spiro atoms. The van der Waals surface area contributed by atoms with Gasteiger partial charge in [0.25, 0.3) is 10.0 Å². The summed E-state index contributed by atoms with van der Waals surface area (Å²) in [5.41, 5.74) is -1.34. The fraction of sp³-hybridized carbons (Fsp3) is 0.409. The molecule has 0 aliphatic rings. The number of amides is 1. The predicted molar refractivity (Wildman–Crippen MR) is 122 cm³/mol. The summed E-state index contributed by atoms with van der Waals surface area (Å²) in [5.74, 6) is -0.272. The molecule has 0 bridgehead atoms. The highest BCUT2D eigenvalue weighted by Gasteiger charge is 2.33. The summed E-state index contributed by atoms with van der Waals surface area (Å²) >= 11 is 0. The Labute approximate surface area is 197 Å². The van der Waals surface area contributed by atoms with Crippen LogP contribution in [0.1, 0.15) is 12.0 Å². The van der Waals surface area contributed by atoms with Gasteiger partial charge in [-0.05, 0) is 57.4 Å². The number of ether oxygens (including phenoxy) is 2. The lowest BCUT2D eigenvalue weighted by molar-refractivity contribution is -0.137. The Kier molecular flexibility index (Phi) is 9.16. The molecule has 0 heterocycles. The largest absolute Gasteiger partial charge is 0.493 e. The van der Waals surface area contributed by atoms with E-state index in [1.807, 2.05) is 19.0 Å². The van der Waals surface area contributed by atoms with Crippen LogP contribution in [0.15, 0.2) is 47.4 Å². The first-order chi connectivity index (χ1) is 15.9. The molecule has 0 unspecified atom stereocenters. The van der Waals surface area contributed by atoms with Crippen LogP contribution in [0.5, 0.6) is 11.5 Å². The third kappa shape index (κ3) is 7.00. The summed E-state index contributed by atoms with van der Waals surface area (Å²) in [6.45, 7) is 0.269. The molecule has 188 valence electrons. The maximum atomic E-state index is 13.5. The summed E-state index contributed by atoms with van der Waals surface area (Å²) in [7, 11) is 1.98. The summed E-state index contributed by atoms with van der Waals surface area (Å²) in [4.78, 5) is 14.2. The van der Waals surface area contributed by atoms with E-state index in [2.05, 4.69) is 5.32 Å². The van der Waals surface area contributed by atoms with Crippen molar-refractivity contribution in [3.05, 3.63) is 48.0 Å². The van der Waals surface area contributed by atoms with Gasteiger partial charge in [0, 0.05) is 12.6 Å². The van der Waals surface area contributed by atoms with Gasteiger partial charge in [-0.3, -0.25) is 9.10 Å². The van der Waals surface area contributed by atoms with Crippen LogP contribution < -0.4 is 19.1 Å². The number of carbonyl (C=O) groups excluding carboxylic acids is 1. The monoisotopic (exact) mass is 503 g/mol. The van der Waals surface area contributed by atoms with E-state index in [1.165, 1.54) is 38.5 Å². The van der Waals surface area contributed by atoms with Gasteiger partial charge in [-0.1, -0.05) is 6.07 Å². The fourth-order valence-corrected chi connectivity index (χ4v) is 4.49. The van der Waals surface area contributed by atoms with E-state index in [0.717, 1.165) is 12.1 Å². The van der Waals surface area contributed by atoms with Crippen molar-refractivity contribution >= 4 is 21.6 Å². The van der Waals surface area contributed by atoms with Crippen molar-refractivity contribution in [1.82, 2.24) is 10.2 Å². The average Bonchev–Trinajstić information content (AvgIpc) is 2.79. The molecule has 12 heteroatoms. The van der Waals surface area contributed by atoms with Gasteiger partial charge in [-0.15, -0.1) is 0 Å². The van der Waals surface area contributed by atoms with Crippen LogP contribution in [0, 0.1) is 0 Å². The van der Waals surface area contributed by atoms with Crippen molar-refractivity contribution in [2.75, 3.05) is 52.3 Å². The van der Waals surface area contributed by atoms with Crippen molar-refractivity contribution in [2.45, 2.75) is 17.5 Å². The van der Waals surface area contributed by atoms with Crippen molar-refractivity contribution in [3.63, 3.8) is 0 Å². The lowest BCUT2D eigenvalue weighted by atomic mass is 10.2. The predicted octanol–water partition coefficient (Wildman–Crippen LogP) is 2.99. The van der Waals surface area contributed by atoms with Crippen LogP contribution in [0.25, 0.3) is 0 Å². The fourth-order valence-electron chi connectivity index (χ4n) is 3.07. The SMILES string of the molecule is COc1ccc(S(=O)(=O)N(CC(=O)NCCCN(C)C)c2cccc(C(F)(F)F)c2)cc1OC. The van der Waals surface area contributed by atoms with Gasteiger partial charge in [0.15, 0.2) is 11.5 Å². The Hall–Kier alpha value is -2.99. The van der Waals surface area contributed by atoms with Gasteiger partial charge in [-0.2, -0.15) is 13.2 Å². The number of nitrogens with zero attached hydrogens (tertiary/aromatic N) is 2. The number of methoxy groups -OCH3 is 2. The van der Waals surface area contributed by atoms with E-state index in [9.17, 15) is 26.4 Å².